The molecule has 0 fully saturated rings. The van der Waals surface area contributed by atoms with Gasteiger partial charge in [-0.15, -0.1) is 11.6 Å². The molecule has 0 unspecified atom stereocenters. The fourth-order valence-electron chi connectivity index (χ4n) is 2.49. The molecule has 2 rings (SSSR count). The summed E-state index contributed by atoms with van der Waals surface area (Å²) in [5.74, 6) is 0.456. The highest BCUT2D eigenvalue weighted by Gasteiger charge is 2.29. The molecule has 0 aliphatic carbocycles. The number of sulfone groups is 1. The first-order valence-electron chi connectivity index (χ1n) is 6.53. The summed E-state index contributed by atoms with van der Waals surface area (Å²) in [4.78, 5) is 24.5. The maximum atomic E-state index is 12.3. The van der Waals surface area contributed by atoms with Crippen molar-refractivity contribution in [3.8, 4) is 0 Å². The second-order valence-corrected chi connectivity index (χ2v) is 7.29. The molecule has 1 aromatic rings. The van der Waals surface area contributed by atoms with Crippen LogP contribution in [-0.2, 0) is 22.9 Å². The molecule has 2 heterocycles. The highest BCUT2D eigenvalue weighted by atomic mass is 35.5. The zero-order chi connectivity index (χ0) is 14.9. The summed E-state index contributed by atoms with van der Waals surface area (Å²) < 4.78 is 26.4. The van der Waals surface area contributed by atoms with Gasteiger partial charge in [0, 0.05) is 19.0 Å². The number of unbranched alkanes of at least 4 members (excludes halogenated alkanes) is 1. The van der Waals surface area contributed by atoms with Crippen LogP contribution in [0.4, 0.5) is 0 Å². The predicted octanol–water partition coefficient (Wildman–Crippen LogP) is 0.515. The highest BCUT2D eigenvalue weighted by Crippen LogP contribution is 2.18. The minimum absolute atomic E-state index is 0.0109. The SMILES string of the molecule is Cc1c2n(c(=O)n(CCCCCl)c1=O)CCCS2(=O)=O. The Balaban J connectivity index is 2.63. The molecule has 112 valence electrons. The van der Waals surface area contributed by atoms with Gasteiger partial charge >= 0.3 is 5.69 Å². The number of hydrogen-bond donors (Lipinski definition) is 0. The van der Waals surface area contributed by atoms with E-state index in [1.165, 1.54) is 11.5 Å². The van der Waals surface area contributed by atoms with E-state index in [1.807, 2.05) is 0 Å². The molecule has 0 saturated heterocycles. The summed E-state index contributed by atoms with van der Waals surface area (Å²) in [6.07, 6.45) is 1.71. The summed E-state index contributed by atoms with van der Waals surface area (Å²) in [5.41, 5.74) is -0.912. The molecule has 0 bridgehead atoms. The quantitative estimate of drug-likeness (QED) is 0.460. The molecule has 0 atom stereocenters. The van der Waals surface area contributed by atoms with Gasteiger partial charge in [0.05, 0.1) is 11.3 Å². The third-order valence-corrected chi connectivity index (χ3v) is 5.66. The largest absolute Gasteiger partial charge is 0.331 e. The van der Waals surface area contributed by atoms with Crippen molar-refractivity contribution >= 4 is 21.4 Å². The lowest BCUT2D eigenvalue weighted by molar-refractivity contribution is 0.465. The fourth-order valence-corrected chi connectivity index (χ4v) is 4.44. The first kappa shape index (κ1) is 15.3. The Morgan fingerprint density at radius 1 is 1.25 bits per heavy atom. The first-order valence-corrected chi connectivity index (χ1v) is 8.72. The van der Waals surface area contributed by atoms with Crippen LogP contribution in [0.5, 0.6) is 0 Å². The van der Waals surface area contributed by atoms with E-state index < -0.39 is 21.1 Å². The number of fused-ring (bicyclic) bond motifs is 1. The van der Waals surface area contributed by atoms with E-state index in [4.69, 9.17) is 11.6 Å². The van der Waals surface area contributed by atoms with Gasteiger partial charge in [0.2, 0.25) is 0 Å². The molecule has 0 N–H and O–H groups in total. The molecule has 0 spiro atoms. The third kappa shape index (κ3) is 2.56. The summed E-state index contributed by atoms with van der Waals surface area (Å²) in [6.45, 7) is 2.07. The van der Waals surface area contributed by atoms with Crippen molar-refractivity contribution in [3.05, 3.63) is 26.4 Å². The molecular formula is C12H17ClN2O4S. The monoisotopic (exact) mass is 320 g/mol. The van der Waals surface area contributed by atoms with Gasteiger partial charge in [0.15, 0.2) is 9.84 Å². The first-order chi connectivity index (χ1) is 9.40. The topological polar surface area (TPSA) is 78.1 Å². The normalized spacial score (nSPS) is 16.9. The predicted molar refractivity (Wildman–Crippen MR) is 76.3 cm³/mol. The Kier molecular flexibility index (Phi) is 4.39. The van der Waals surface area contributed by atoms with Crippen molar-refractivity contribution in [2.24, 2.45) is 0 Å². The van der Waals surface area contributed by atoms with Crippen molar-refractivity contribution in [1.29, 1.82) is 0 Å². The van der Waals surface area contributed by atoms with E-state index in [-0.39, 0.29) is 22.9 Å². The van der Waals surface area contributed by atoms with Gasteiger partial charge in [-0.2, -0.15) is 0 Å². The van der Waals surface area contributed by atoms with Crippen LogP contribution in [0.15, 0.2) is 14.6 Å². The van der Waals surface area contributed by atoms with E-state index in [9.17, 15) is 18.0 Å². The molecule has 0 radical (unpaired) electrons. The van der Waals surface area contributed by atoms with Crippen molar-refractivity contribution in [2.45, 2.75) is 44.3 Å². The molecule has 1 aliphatic heterocycles. The van der Waals surface area contributed by atoms with Gasteiger partial charge in [-0.1, -0.05) is 0 Å². The second-order valence-electron chi connectivity index (χ2n) is 4.89. The van der Waals surface area contributed by atoms with Gasteiger partial charge in [0.1, 0.15) is 5.03 Å². The van der Waals surface area contributed by atoms with E-state index in [2.05, 4.69) is 0 Å². The van der Waals surface area contributed by atoms with Crippen LogP contribution in [0.2, 0.25) is 0 Å². The molecule has 0 aromatic carbocycles. The van der Waals surface area contributed by atoms with Gasteiger partial charge in [-0.25, -0.2) is 13.2 Å². The summed E-state index contributed by atoms with van der Waals surface area (Å²) >= 11 is 5.58. The molecule has 1 aromatic heterocycles. The van der Waals surface area contributed by atoms with E-state index in [0.717, 1.165) is 4.57 Å². The zero-order valence-corrected chi connectivity index (χ0v) is 12.8. The Bertz CT molecular complexity index is 733. The van der Waals surface area contributed by atoms with E-state index in [1.54, 1.807) is 0 Å². The number of alkyl halides is 1. The Morgan fingerprint density at radius 3 is 2.60 bits per heavy atom. The molecular weight excluding hydrogens is 304 g/mol. The fraction of sp³-hybridized carbons (Fsp3) is 0.667. The van der Waals surface area contributed by atoms with Crippen LogP contribution in [0.3, 0.4) is 0 Å². The lowest BCUT2D eigenvalue weighted by Crippen LogP contribution is -2.45. The molecule has 20 heavy (non-hydrogen) atoms. The molecule has 6 nitrogen and oxygen atoms in total. The summed E-state index contributed by atoms with van der Waals surface area (Å²) in [6, 6.07) is 0. The van der Waals surface area contributed by atoms with Gasteiger partial charge in [-0.3, -0.25) is 13.9 Å². The minimum Gasteiger partial charge on any atom is -0.283 e. The Morgan fingerprint density at radius 2 is 1.95 bits per heavy atom. The van der Waals surface area contributed by atoms with E-state index in [0.29, 0.717) is 31.7 Å². The number of hydrogen-bond acceptors (Lipinski definition) is 4. The van der Waals surface area contributed by atoms with Crippen molar-refractivity contribution in [3.63, 3.8) is 0 Å². The summed E-state index contributed by atoms with van der Waals surface area (Å²) in [5, 5.41) is -0.104. The summed E-state index contributed by atoms with van der Waals surface area (Å²) in [7, 11) is -3.53. The lowest BCUT2D eigenvalue weighted by Gasteiger charge is -2.21. The zero-order valence-electron chi connectivity index (χ0n) is 11.3. The smallest absolute Gasteiger partial charge is 0.283 e. The number of rotatable bonds is 4. The van der Waals surface area contributed by atoms with Gasteiger partial charge in [0.25, 0.3) is 5.56 Å². The Hall–Kier alpha value is -1.08. The number of halogens is 1. The van der Waals surface area contributed by atoms with Crippen LogP contribution >= 0.6 is 11.6 Å². The highest BCUT2D eigenvalue weighted by molar-refractivity contribution is 7.91. The Labute approximate surface area is 121 Å². The second kappa shape index (κ2) is 5.73. The molecule has 8 heteroatoms. The van der Waals surface area contributed by atoms with Crippen molar-refractivity contribution < 1.29 is 8.42 Å². The average molecular weight is 321 g/mol. The lowest BCUT2D eigenvalue weighted by atomic mass is 10.3. The van der Waals surface area contributed by atoms with Crippen LogP contribution in [0, 0.1) is 6.92 Å². The number of aromatic nitrogens is 2. The third-order valence-electron chi connectivity index (χ3n) is 3.45. The average Bonchev–Trinajstić information content (AvgIpc) is 2.39. The van der Waals surface area contributed by atoms with Crippen molar-refractivity contribution in [1.82, 2.24) is 9.13 Å². The van der Waals surface area contributed by atoms with Gasteiger partial charge < -0.3 is 0 Å². The molecule has 0 amide bonds. The van der Waals surface area contributed by atoms with Crippen LogP contribution in [0.25, 0.3) is 0 Å². The van der Waals surface area contributed by atoms with Crippen LogP contribution in [-0.4, -0.2) is 29.2 Å². The number of nitrogens with zero attached hydrogens (tertiary/aromatic N) is 2. The maximum absolute atomic E-state index is 12.3. The van der Waals surface area contributed by atoms with Gasteiger partial charge in [-0.05, 0) is 26.2 Å². The molecule has 0 saturated carbocycles. The maximum Gasteiger partial charge on any atom is 0.331 e. The van der Waals surface area contributed by atoms with Crippen molar-refractivity contribution in [2.75, 3.05) is 11.6 Å². The van der Waals surface area contributed by atoms with E-state index >= 15 is 0 Å². The standard InChI is InChI=1S/C12H17ClN2O4S/c1-9-10(16)14(6-3-2-5-13)12(17)15-7-4-8-20(18,19)11(9)15/h2-8H2,1H3. The molecule has 1 aliphatic rings. The minimum atomic E-state index is -3.53. The van der Waals surface area contributed by atoms with Crippen LogP contribution < -0.4 is 11.2 Å². The van der Waals surface area contributed by atoms with Crippen LogP contribution in [0.1, 0.15) is 24.8 Å².